The van der Waals surface area contributed by atoms with Crippen molar-refractivity contribution in [2.75, 3.05) is 26.2 Å². The van der Waals surface area contributed by atoms with E-state index in [1.165, 1.54) is 30.4 Å². The molecule has 1 aliphatic heterocycles. The van der Waals surface area contributed by atoms with Crippen molar-refractivity contribution < 1.29 is 4.79 Å². The van der Waals surface area contributed by atoms with Crippen LogP contribution < -0.4 is 5.32 Å². The van der Waals surface area contributed by atoms with E-state index in [0.29, 0.717) is 5.91 Å². The first-order valence-corrected chi connectivity index (χ1v) is 10.2. The molecule has 5 aliphatic rings. The van der Waals surface area contributed by atoms with Crippen molar-refractivity contribution in [2.45, 2.75) is 50.9 Å². The Morgan fingerprint density at radius 1 is 1.04 bits per heavy atom. The number of amides is 1. The van der Waals surface area contributed by atoms with E-state index < -0.39 is 0 Å². The molecule has 0 aromatic heterocycles. The fourth-order valence-corrected chi connectivity index (χ4v) is 6.96. The van der Waals surface area contributed by atoms with Gasteiger partial charge in [-0.1, -0.05) is 29.8 Å². The van der Waals surface area contributed by atoms with Gasteiger partial charge < -0.3 is 10.2 Å². The molecule has 4 heteroatoms. The molecule has 1 N–H and O–H groups in total. The van der Waals surface area contributed by atoms with E-state index in [2.05, 4.69) is 41.4 Å². The molecule has 0 spiro atoms. The van der Waals surface area contributed by atoms with Crippen LogP contribution in [-0.4, -0.2) is 37.0 Å². The van der Waals surface area contributed by atoms with Crippen LogP contribution in [-0.2, 0) is 10.2 Å². The van der Waals surface area contributed by atoms with Gasteiger partial charge in [0, 0.05) is 26.2 Å². The number of carbonyl (C=O) groups is 1. The predicted molar refractivity (Wildman–Crippen MR) is 107 cm³/mol. The molecule has 2 atom stereocenters. The van der Waals surface area contributed by atoms with Crippen molar-refractivity contribution in [1.29, 1.82) is 0 Å². The summed E-state index contributed by atoms with van der Waals surface area (Å²) in [4.78, 5) is 15.8. The van der Waals surface area contributed by atoms with E-state index in [1.807, 2.05) is 0 Å². The van der Waals surface area contributed by atoms with Gasteiger partial charge in [-0.3, -0.25) is 4.79 Å². The van der Waals surface area contributed by atoms with E-state index >= 15 is 0 Å². The quantitative estimate of drug-likeness (QED) is 0.856. The molecule has 1 heterocycles. The lowest BCUT2D eigenvalue weighted by Gasteiger charge is -2.62. The van der Waals surface area contributed by atoms with Crippen LogP contribution in [0, 0.1) is 24.2 Å². The van der Waals surface area contributed by atoms with E-state index in [1.54, 1.807) is 0 Å². The summed E-state index contributed by atoms with van der Waals surface area (Å²) in [7, 11) is 0. The molecular weight excluding hydrogens is 344 g/mol. The van der Waals surface area contributed by atoms with Crippen molar-refractivity contribution >= 4 is 18.3 Å². The standard InChI is InChI=1S/C22H30N2O.ClH/c1-16-2-4-19(5-3-16)21-11-17-10-18(12-21)14-22(13-17,15-21)20(25)24-8-6-23-7-9-24;/h2-5,17-18,23H,6-15H2,1H3;1H. The molecule has 142 valence electrons. The van der Waals surface area contributed by atoms with Crippen molar-refractivity contribution in [3.05, 3.63) is 35.4 Å². The lowest BCUT2D eigenvalue weighted by Crippen LogP contribution is -2.61. The topological polar surface area (TPSA) is 32.3 Å². The van der Waals surface area contributed by atoms with Crippen LogP contribution in [0.3, 0.4) is 0 Å². The molecule has 1 saturated heterocycles. The third-order valence-corrected chi connectivity index (χ3v) is 7.58. The Hall–Kier alpha value is -1.06. The number of hydrogen-bond acceptors (Lipinski definition) is 2. The summed E-state index contributed by atoms with van der Waals surface area (Å²) in [5.74, 6) is 2.00. The van der Waals surface area contributed by atoms with Crippen LogP contribution in [0.5, 0.6) is 0 Å². The molecule has 4 bridgehead atoms. The molecule has 6 rings (SSSR count). The van der Waals surface area contributed by atoms with Crippen molar-refractivity contribution in [2.24, 2.45) is 17.3 Å². The minimum Gasteiger partial charge on any atom is -0.340 e. The average Bonchev–Trinajstić information content (AvgIpc) is 2.61. The Morgan fingerprint density at radius 3 is 2.27 bits per heavy atom. The molecule has 4 aliphatic carbocycles. The fraction of sp³-hybridized carbons (Fsp3) is 0.682. The van der Waals surface area contributed by atoms with Gasteiger partial charge in [0.05, 0.1) is 5.41 Å². The predicted octanol–water partition coefficient (Wildman–Crippen LogP) is 3.69. The minimum absolute atomic E-state index is 0. The normalized spacial score (nSPS) is 38.1. The second-order valence-electron chi connectivity index (χ2n) is 9.43. The Morgan fingerprint density at radius 2 is 1.65 bits per heavy atom. The van der Waals surface area contributed by atoms with Gasteiger partial charge in [-0.2, -0.15) is 0 Å². The van der Waals surface area contributed by atoms with Gasteiger partial charge in [-0.05, 0) is 68.3 Å². The first-order valence-electron chi connectivity index (χ1n) is 10.2. The number of piperazine rings is 1. The number of nitrogens with one attached hydrogen (secondary N) is 1. The highest BCUT2D eigenvalue weighted by atomic mass is 35.5. The van der Waals surface area contributed by atoms with Gasteiger partial charge in [0.15, 0.2) is 0 Å². The summed E-state index contributed by atoms with van der Waals surface area (Å²) < 4.78 is 0. The van der Waals surface area contributed by atoms with Gasteiger partial charge in [0.2, 0.25) is 5.91 Å². The first-order chi connectivity index (χ1) is 12.1. The number of nitrogens with zero attached hydrogens (tertiary/aromatic N) is 1. The van der Waals surface area contributed by atoms with E-state index in [4.69, 9.17) is 0 Å². The van der Waals surface area contributed by atoms with Crippen molar-refractivity contribution in [3.8, 4) is 0 Å². The van der Waals surface area contributed by atoms with Crippen LogP contribution in [0.1, 0.15) is 49.7 Å². The monoisotopic (exact) mass is 374 g/mol. The maximum absolute atomic E-state index is 13.6. The van der Waals surface area contributed by atoms with Gasteiger partial charge in [0.25, 0.3) is 0 Å². The third-order valence-electron chi connectivity index (χ3n) is 7.58. The van der Waals surface area contributed by atoms with E-state index in [0.717, 1.165) is 57.3 Å². The molecular formula is C22H31ClN2O. The third kappa shape index (κ3) is 2.79. The summed E-state index contributed by atoms with van der Waals surface area (Å²) in [6.45, 7) is 5.87. The number of rotatable bonds is 2. The van der Waals surface area contributed by atoms with Crippen LogP contribution in [0.4, 0.5) is 0 Å². The lowest BCUT2D eigenvalue weighted by atomic mass is 9.42. The molecule has 3 nitrogen and oxygen atoms in total. The Bertz CT molecular complexity index is 666. The zero-order valence-electron chi connectivity index (χ0n) is 15.8. The number of hydrogen-bond donors (Lipinski definition) is 1. The maximum Gasteiger partial charge on any atom is 0.228 e. The highest BCUT2D eigenvalue weighted by molar-refractivity contribution is 5.85. The van der Waals surface area contributed by atoms with Crippen LogP contribution in [0.15, 0.2) is 24.3 Å². The van der Waals surface area contributed by atoms with Crippen LogP contribution in [0.25, 0.3) is 0 Å². The smallest absolute Gasteiger partial charge is 0.228 e. The molecule has 0 radical (unpaired) electrons. The van der Waals surface area contributed by atoms with Crippen molar-refractivity contribution in [3.63, 3.8) is 0 Å². The molecule has 26 heavy (non-hydrogen) atoms. The van der Waals surface area contributed by atoms with E-state index in [9.17, 15) is 4.79 Å². The molecule has 4 saturated carbocycles. The van der Waals surface area contributed by atoms with Crippen LogP contribution >= 0.6 is 12.4 Å². The van der Waals surface area contributed by atoms with Gasteiger partial charge in [-0.25, -0.2) is 0 Å². The van der Waals surface area contributed by atoms with Crippen LogP contribution in [0.2, 0.25) is 0 Å². The SMILES string of the molecule is Cc1ccc(C23CC4CC(CC(C(=O)N5CCNCC5)(C4)C2)C3)cc1.Cl. The number of benzene rings is 1. The largest absolute Gasteiger partial charge is 0.340 e. The fourth-order valence-electron chi connectivity index (χ4n) is 6.96. The molecule has 1 aromatic carbocycles. The molecule has 1 aromatic rings. The second-order valence-corrected chi connectivity index (χ2v) is 9.43. The average molecular weight is 375 g/mol. The Balaban J connectivity index is 0.00000168. The van der Waals surface area contributed by atoms with Crippen molar-refractivity contribution in [1.82, 2.24) is 10.2 Å². The molecule has 1 amide bonds. The highest BCUT2D eigenvalue weighted by Gasteiger charge is 2.61. The summed E-state index contributed by atoms with van der Waals surface area (Å²) >= 11 is 0. The van der Waals surface area contributed by atoms with Gasteiger partial charge >= 0.3 is 0 Å². The second kappa shape index (κ2) is 6.53. The number of carbonyl (C=O) groups excluding carboxylic acids is 1. The highest BCUT2D eigenvalue weighted by Crippen LogP contribution is 2.66. The lowest BCUT2D eigenvalue weighted by molar-refractivity contribution is -0.161. The Kier molecular flexibility index (Phi) is 4.60. The molecule has 5 fully saturated rings. The summed E-state index contributed by atoms with van der Waals surface area (Å²) in [5, 5.41) is 3.39. The molecule has 2 unspecified atom stereocenters. The summed E-state index contributed by atoms with van der Waals surface area (Å²) in [6.07, 6.45) is 7.38. The zero-order valence-corrected chi connectivity index (χ0v) is 16.6. The Labute approximate surface area is 163 Å². The van der Waals surface area contributed by atoms with E-state index in [-0.39, 0.29) is 23.2 Å². The maximum atomic E-state index is 13.6. The summed E-state index contributed by atoms with van der Waals surface area (Å²) in [6, 6.07) is 9.23. The zero-order chi connectivity index (χ0) is 17.1. The number of halogens is 1. The summed E-state index contributed by atoms with van der Waals surface area (Å²) in [5.41, 5.74) is 3.04. The van der Waals surface area contributed by atoms with Gasteiger partial charge in [0.1, 0.15) is 0 Å². The minimum atomic E-state index is -0.0632. The first kappa shape index (κ1) is 18.3. The van der Waals surface area contributed by atoms with Gasteiger partial charge in [-0.15, -0.1) is 12.4 Å². The number of aryl methyl sites for hydroxylation is 1.